The molecule has 1 aliphatic heterocycles. The van der Waals surface area contributed by atoms with Crippen LogP contribution in [0.4, 0.5) is 0 Å². The second-order valence-corrected chi connectivity index (χ2v) is 12.6. The Kier molecular flexibility index (Phi) is 9.01. The van der Waals surface area contributed by atoms with Crippen molar-refractivity contribution >= 4 is 16.8 Å². The molecule has 3 heterocycles. The van der Waals surface area contributed by atoms with Gasteiger partial charge in [0.05, 0.1) is 22.7 Å². The van der Waals surface area contributed by atoms with Crippen LogP contribution in [-0.2, 0) is 19.5 Å². The van der Waals surface area contributed by atoms with Crippen LogP contribution in [0.15, 0.2) is 94.5 Å². The predicted octanol–water partition coefficient (Wildman–Crippen LogP) is 5.91. The fraction of sp³-hybridized carbons (Fsp3) is 0.308. The van der Waals surface area contributed by atoms with E-state index in [-0.39, 0.29) is 22.2 Å². The summed E-state index contributed by atoms with van der Waals surface area (Å²) in [4.78, 5) is 47.3. The molecule has 0 unspecified atom stereocenters. The highest BCUT2D eigenvalue weighted by molar-refractivity contribution is 6.10. The van der Waals surface area contributed by atoms with Gasteiger partial charge in [-0.05, 0) is 81.1 Å². The largest absolute Gasteiger partial charge is 0.332 e. The zero-order valence-corrected chi connectivity index (χ0v) is 27.2. The Balaban J connectivity index is 1.21. The van der Waals surface area contributed by atoms with Gasteiger partial charge in [-0.1, -0.05) is 72.8 Å². The summed E-state index contributed by atoms with van der Waals surface area (Å²) < 4.78 is 2.37. The molecule has 0 radical (unpaired) electrons. The molecule has 1 aliphatic rings. The number of unbranched alkanes of at least 4 members (excludes halogenated alkanes) is 1. The van der Waals surface area contributed by atoms with Crippen molar-refractivity contribution < 1.29 is 4.79 Å². The van der Waals surface area contributed by atoms with E-state index in [0.717, 1.165) is 43.5 Å². The van der Waals surface area contributed by atoms with Gasteiger partial charge in [-0.3, -0.25) is 18.7 Å². The molecule has 8 nitrogen and oxygen atoms in total. The Morgan fingerprint density at radius 1 is 0.872 bits per heavy atom. The molecule has 0 N–H and O–H groups in total. The van der Waals surface area contributed by atoms with Crippen molar-refractivity contribution in [1.29, 1.82) is 5.26 Å². The van der Waals surface area contributed by atoms with Gasteiger partial charge in [0.25, 0.3) is 5.56 Å². The highest BCUT2D eigenvalue weighted by Gasteiger charge is 2.37. The third kappa shape index (κ3) is 5.95. The maximum Gasteiger partial charge on any atom is 0.332 e. The molecule has 5 aromatic rings. The summed E-state index contributed by atoms with van der Waals surface area (Å²) in [6, 6.07) is 30.7. The van der Waals surface area contributed by atoms with Crippen LogP contribution in [0.25, 0.3) is 22.2 Å². The van der Waals surface area contributed by atoms with E-state index in [1.165, 1.54) is 22.7 Å². The summed E-state index contributed by atoms with van der Waals surface area (Å²) >= 11 is 0. The molecular weight excluding hydrogens is 586 g/mol. The van der Waals surface area contributed by atoms with E-state index in [4.69, 9.17) is 0 Å². The van der Waals surface area contributed by atoms with Crippen molar-refractivity contribution in [2.45, 2.75) is 44.4 Å². The fourth-order valence-electron chi connectivity index (χ4n) is 7.24. The van der Waals surface area contributed by atoms with Gasteiger partial charge in [0.15, 0.2) is 5.78 Å². The van der Waals surface area contributed by atoms with E-state index in [0.29, 0.717) is 40.8 Å². The lowest BCUT2D eigenvalue weighted by atomic mass is 9.68. The van der Waals surface area contributed by atoms with Crippen molar-refractivity contribution in [3.05, 3.63) is 134 Å². The zero-order chi connectivity index (χ0) is 33.1. The van der Waals surface area contributed by atoms with Crippen LogP contribution in [-0.4, -0.2) is 44.4 Å². The van der Waals surface area contributed by atoms with Gasteiger partial charge in [-0.2, -0.15) is 5.26 Å². The van der Waals surface area contributed by atoms with Crippen molar-refractivity contribution in [1.82, 2.24) is 19.0 Å². The molecule has 47 heavy (non-hydrogen) atoms. The van der Waals surface area contributed by atoms with Crippen LogP contribution in [0, 0.1) is 18.3 Å². The summed E-state index contributed by atoms with van der Waals surface area (Å²) in [5.74, 6) is -0.101. The first-order chi connectivity index (χ1) is 22.7. The Labute approximate surface area is 274 Å². The Hall–Kier alpha value is -5.13. The number of ketones is 1. The normalized spacial score (nSPS) is 14.6. The van der Waals surface area contributed by atoms with Crippen LogP contribution in [0.5, 0.6) is 0 Å². The topological polar surface area (TPSA) is 101 Å². The number of carbonyl (C=O) groups is 1. The minimum Gasteiger partial charge on any atom is -0.303 e. The van der Waals surface area contributed by atoms with Gasteiger partial charge in [-0.15, -0.1) is 0 Å². The Morgan fingerprint density at radius 2 is 1.51 bits per heavy atom. The first kappa shape index (κ1) is 31.8. The van der Waals surface area contributed by atoms with Crippen molar-refractivity contribution in [3.63, 3.8) is 0 Å². The summed E-state index contributed by atoms with van der Waals surface area (Å²) in [5.41, 5.74) is 4.17. The van der Waals surface area contributed by atoms with Crippen molar-refractivity contribution in [2.24, 2.45) is 14.1 Å². The summed E-state index contributed by atoms with van der Waals surface area (Å²) in [6.45, 7) is 4.60. The number of pyridine rings is 1. The predicted molar refractivity (Wildman–Crippen MR) is 185 cm³/mol. The molecule has 0 aliphatic carbocycles. The Bertz CT molecular complexity index is 2060. The first-order valence-electron chi connectivity index (χ1n) is 16.2. The molecule has 1 saturated heterocycles. The number of rotatable bonds is 9. The monoisotopic (exact) mass is 625 g/mol. The molecule has 8 heteroatoms. The molecule has 0 saturated carbocycles. The standard InChI is InChI=1S/C39H39N5O3/c1-27-33(34(29-14-12-13-28(25-29)26-40)35-36(41-27)42(2)38(47)43(3)37(35)46)32(45)19-10-11-22-44-23-20-39(21-24-44,30-15-6-4-7-16-30)31-17-8-5-9-18-31/h4-9,12-18,25H,10-11,19-24H2,1-3H3. The fourth-order valence-corrected chi connectivity index (χ4v) is 7.24. The van der Waals surface area contributed by atoms with Gasteiger partial charge < -0.3 is 4.90 Å². The van der Waals surface area contributed by atoms with E-state index < -0.39 is 11.2 Å². The number of piperidine rings is 1. The number of nitrogens with zero attached hydrogens (tertiary/aromatic N) is 5. The lowest BCUT2D eigenvalue weighted by Gasteiger charge is -2.43. The number of nitriles is 1. The van der Waals surface area contributed by atoms with Crippen molar-refractivity contribution in [3.8, 4) is 17.2 Å². The second kappa shape index (κ2) is 13.3. The van der Waals surface area contributed by atoms with E-state index in [9.17, 15) is 19.6 Å². The van der Waals surface area contributed by atoms with Crippen LogP contribution in [0.2, 0.25) is 0 Å². The van der Waals surface area contributed by atoms with Gasteiger partial charge in [0.2, 0.25) is 0 Å². The number of hydrogen-bond donors (Lipinski definition) is 0. The van der Waals surface area contributed by atoms with Gasteiger partial charge in [0, 0.05) is 37.1 Å². The summed E-state index contributed by atoms with van der Waals surface area (Å²) in [7, 11) is 2.99. The number of likely N-dealkylation sites (tertiary alicyclic amines) is 1. The number of Topliss-reactive ketones (excluding diaryl/α,β-unsaturated/α-hetero) is 1. The molecule has 6 rings (SSSR count). The van der Waals surface area contributed by atoms with Crippen LogP contribution >= 0.6 is 0 Å². The molecule has 2 aromatic heterocycles. The number of hydrogen-bond acceptors (Lipinski definition) is 6. The highest BCUT2D eigenvalue weighted by Crippen LogP contribution is 2.41. The third-order valence-corrected chi connectivity index (χ3v) is 9.82. The average molecular weight is 626 g/mol. The first-order valence-corrected chi connectivity index (χ1v) is 16.2. The smallest absolute Gasteiger partial charge is 0.303 e. The highest BCUT2D eigenvalue weighted by atomic mass is 16.2. The van der Waals surface area contributed by atoms with Crippen LogP contribution < -0.4 is 11.2 Å². The number of aryl methyl sites for hydroxylation is 2. The van der Waals surface area contributed by atoms with Crippen LogP contribution in [0.3, 0.4) is 0 Å². The average Bonchev–Trinajstić information content (AvgIpc) is 3.12. The molecule has 0 bridgehead atoms. The lowest BCUT2D eigenvalue weighted by Crippen LogP contribution is -2.43. The molecule has 238 valence electrons. The van der Waals surface area contributed by atoms with Crippen molar-refractivity contribution in [2.75, 3.05) is 19.6 Å². The number of aromatic nitrogens is 3. The number of benzene rings is 3. The molecule has 3 aromatic carbocycles. The molecule has 0 atom stereocenters. The summed E-state index contributed by atoms with van der Waals surface area (Å²) in [5, 5.41) is 9.79. The van der Waals surface area contributed by atoms with E-state index in [1.54, 1.807) is 38.2 Å². The number of fused-ring (bicyclic) bond motifs is 1. The second-order valence-electron chi connectivity index (χ2n) is 12.6. The Morgan fingerprint density at radius 3 is 2.13 bits per heavy atom. The van der Waals surface area contributed by atoms with Gasteiger partial charge in [-0.25, -0.2) is 9.78 Å². The molecular formula is C39H39N5O3. The molecule has 0 amide bonds. The lowest BCUT2D eigenvalue weighted by molar-refractivity contribution is 0.0976. The minimum absolute atomic E-state index is 0.00457. The van der Waals surface area contributed by atoms with Gasteiger partial charge in [0.1, 0.15) is 5.65 Å². The quantitative estimate of drug-likeness (QED) is 0.149. The molecule has 1 fully saturated rings. The van der Waals surface area contributed by atoms with E-state index >= 15 is 0 Å². The van der Waals surface area contributed by atoms with Crippen LogP contribution in [0.1, 0.15) is 64.8 Å². The number of carbonyl (C=O) groups excluding carboxylic acids is 1. The van der Waals surface area contributed by atoms with E-state index in [2.05, 4.69) is 76.6 Å². The van der Waals surface area contributed by atoms with E-state index in [1.807, 2.05) is 0 Å². The minimum atomic E-state index is -0.519. The maximum absolute atomic E-state index is 14.0. The zero-order valence-electron chi connectivity index (χ0n) is 27.2. The third-order valence-electron chi connectivity index (χ3n) is 9.82. The molecule has 0 spiro atoms. The van der Waals surface area contributed by atoms with Gasteiger partial charge >= 0.3 is 5.69 Å². The summed E-state index contributed by atoms with van der Waals surface area (Å²) in [6.07, 6.45) is 3.93. The maximum atomic E-state index is 14.0. The SMILES string of the molecule is Cc1nc2c(c(-c3cccc(C#N)c3)c1C(=O)CCCCN1CCC(c3ccccc3)(c3ccccc3)CC1)c(=O)n(C)c(=O)n2C.